The molecule has 0 amide bonds. The van der Waals surface area contributed by atoms with E-state index in [4.69, 9.17) is 10.2 Å². The Morgan fingerprint density at radius 3 is 2.67 bits per heavy atom. The van der Waals surface area contributed by atoms with Crippen molar-refractivity contribution in [2.75, 3.05) is 5.75 Å². The van der Waals surface area contributed by atoms with E-state index in [2.05, 4.69) is 4.98 Å². The lowest BCUT2D eigenvalue weighted by molar-refractivity contribution is -0.136. The molecule has 0 aliphatic heterocycles. The Bertz CT molecular complexity index is 654. The number of aliphatic carboxylic acids is 1. The Balaban J connectivity index is 2.12. The second kappa shape index (κ2) is 7.24. The molecule has 5 nitrogen and oxygen atoms in total. The summed E-state index contributed by atoms with van der Waals surface area (Å²) in [6.07, 6.45) is 0.132. The summed E-state index contributed by atoms with van der Waals surface area (Å²) in [5, 5.41) is 19.7. The largest absolute Gasteiger partial charge is 0.481 e. The molecular formula is C14H13NO4S2. The van der Waals surface area contributed by atoms with E-state index in [-0.39, 0.29) is 12.1 Å². The van der Waals surface area contributed by atoms with Crippen LogP contribution in [0.2, 0.25) is 0 Å². The van der Waals surface area contributed by atoms with E-state index < -0.39 is 11.9 Å². The molecule has 2 rings (SSSR count). The Labute approximate surface area is 129 Å². The van der Waals surface area contributed by atoms with Crippen molar-refractivity contribution in [3.63, 3.8) is 0 Å². The number of hydrogen-bond acceptors (Lipinski definition) is 5. The summed E-state index contributed by atoms with van der Waals surface area (Å²) in [5.74, 6) is -0.625. The molecule has 1 heterocycles. The van der Waals surface area contributed by atoms with Gasteiger partial charge in [-0.05, 0) is 5.56 Å². The van der Waals surface area contributed by atoms with Crippen LogP contribution in [0.15, 0.2) is 29.6 Å². The van der Waals surface area contributed by atoms with Crippen molar-refractivity contribution >= 4 is 35.0 Å². The van der Waals surface area contributed by atoms with Crippen molar-refractivity contribution in [1.29, 1.82) is 0 Å². The van der Waals surface area contributed by atoms with Crippen LogP contribution >= 0.6 is 23.1 Å². The third kappa shape index (κ3) is 4.30. The second-order valence-corrected chi connectivity index (χ2v) is 6.16. The summed E-state index contributed by atoms with van der Waals surface area (Å²) in [4.78, 5) is 25.5. The summed E-state index contributed by atoms with van der Waals surface area (Å²) < 4.78 is 0. The molecule has 0 aliphatic rings. The van der Waals surface area contributed by atoms with Crippen LogP contribution < -0.4 is 0 Å². The molecule has 0 unspecified atom stereocenters. The minimum absolute atomic E-state index is 0.0448. The second-order valence-electron chi connectivity index (χ2n) is 4.20. The molecule has 1 aromatic heterocycles. The zero-order valence-corrected chi connectivity index (χ0v) is 12.6. The molecule has 0 saturated carbocycles. The van der Waals surface area contributed by atoms with Crippen LogP contribution in [0.3, 0.4) is 0 Å². The fourth-order valence-electron chi connectivity index (χ4n) is 1.69. The molecular weight excluding hydrogens is 310 g/mol. The lowest BCUT2D eigenvalue weighted by Gasteiger charge is -2.06. The van der Waals surface area contributed by atoms with Gasteiger partial charge in [-0.25, -0.2) is 9.78 Å². The molecule has 0 aliphatic carbocycles. The standard InChI is InChI=1S/C14H13NO4S2/c16-12(17)5-6-20-7-9-3-1-2-4-10(9)13-15-11(8-21-13)14(18)19/h1-4,8H,5-7H2,(H,16,17)(H,18,19). The minimum atomic E-state index is -1.04. The smallest absolute Gasteiger partial charge is 0.355 e. The monoisotopic (exact) mass is 323 g/mol. The molecule has 110 valence electrons. The van der Waals surface area contributed by atoms with Gasteiger partial charge in [-0.3, -0.25) is 4.79 Å². The first-order chi connectivity index (χ1) is 10.1. The van der Waals surface area contributed by atoms with E-state index in [1.54, 1.807) is 0 Å². The van der Waals surface area contributed by atoms with Crippen molar-refractivity contribution < 1.29 is 19.8 Å². The third-order valence-corrected chi connectivity index (χ3v) is 4.57. The van der Waals surface area contributed by atoms with E-state index in [1.165, 1.54) is 28.5 Å². The van der Waals surface area contributed by atoms with Crippen molar-refractivity contribution in [3.8, 4) is 10.6 Å². The fraction of sp³-hybridized carbons (Fsp3) is 0.214. The summed E-state index contributed by atoms with van der Waals surface area (Å²) in [5.41, 5.74) is 1.97. The highest BCUT2D eigenvalue weighted by Crippen LogP contribution is 2.29. The van der Waals surface area contributed by atoms with Gasteiger partial charge >= 0.3 is 11.9 Å². The van der Waals surface area contributed by atoms with Crippen LogP contribution in [0.25, 0.3) is 10.6 Å². The zero-order chi connectivity index (χ0) is 15.2. The number of carboxylic acids is 2. The van der Waals surface area contributed by atoms with Gasteiger partial charge in [-0.1, -0.05) is 24.3 Å². The highest BCUT2D eigenvalue weighted by Gasteiger charge is 2.12. The number of thioether (sulfide) groups is 1. The molecule has 0 fully saturated rings. The van der Waals surface area contributed by atoms with E-state index in [9.17, 15) is 9.59 Å². The van der Waals surface area contributed by atoms with Gasteiger partial charge in [0.1, 0.15) is 5.01 Å². The number of hydrogen-bond donors (Lipinski definition) is 2. The summed E-state index contributed by atoms with van der Waals surface area (Å²) in [6, 6.07) is 7.63. The predicted octanol–water partition coefficient (Wildman–Crippen LogP) is 3.22. The average Bonchev–Trinajstić information content (AvgIpc) is 2.93. The molecule has 0 spiro atoms. The van der Waals surface area contributed by atoms with Gasteiger partial charge in [0, 0.05) is 22.4 Å². The number of carbonyl (C=O) groups is 2. The van der Waals surface area contributed by atoms with Crippen molar-refractivity contribution in [2.24, 2.45) is 0 Å². The van der Waals surface area contributed by atoms with E-state index >= 15 is 0 Å². The fourth-order valence-corrected chi connectivity index (χ4v) is 3.48. The van der Waals surface area contributed by atoms with Gasteiger partial charge in [-0.15, -0.1) is 11.3 Å². The van der Waals surface area contributed by atoms with Gasteiger partial charge < -0.3 is 10.2 Å². The van der Waals surface area contributed by atoms with Crippen molar-refractivity contribution in [1.82, 2.24) is 4.98 Å². The van der Waals surface area contributed by atoms with E-state index in [0.29, 0.717) is 16.5 Å². The zero-order valence-electron chi connectivity index (χ0n) is 11.0. The summed E-state index contributed by atoms with van der Waals surface area (Å²) in [6.45, 7) is 0. The molecule has 0 atom stereocenters. The molecule has 2 aromatic rings. The lowest BCUT2D eigenvalue weighted by Crippen LogP contribution is -1.97. The van der Waals surface area contributed by atoms with Crippen LogP contribution in [0, 0.1) is 0 Å². The van der Waals surface area contributed by atoms with E-state index in [1.807, 2.05) is 24.3 Å². The predicted molar refractivity (Wildman–Crippen MR) is 82.9 cm³/mol. The minimum Gasteiger partial charge on any atom is -0.481 e. The highest BCUT2D eigenvalue weighted by molar-refractivity contribution is 7.98. The van der Waals surface area contributed by atoms with Crippen LogP contribution in [-0.4, -0.2) is 32.9 Å². The Morgan fingerprint density at radius 1 is 1.24 bits per heavy atom. The molecule has 7 heteroatoms. The quantitative estimate of drug-likeness (QED) is 0.761. The average molecular weight is 323 g/mol. The number of carboxylic acid groups (broad SMARTS) is 2. The Kier molecular flexibility index (Phi) is 5.35. The third-order valence-electron chi connectivity index (χ3n) is 2.69. The van der Waals surface area contributed by atoms with Gasteiger partial charge in [-0.2, -0.15) is 11.8 Å². The molecule has 2 N–H and O–H groups in total. The number of thiazole rings is 1. The van der Waals surface area contributed by atoms with Crippen LogP contribution in [-0.2, 0) is 10.5 Å². The number of nitrogens with zero attached hydrogens (tertiary/aromatic N) is 1. The number of benzene rings is 1. The maximum Gasteiger partial charge on any atom is 0.355 e. The molecule has 0 radical (unpaired) electrons. The Morgan fingerprint density at radius 2 is 2.00 bits per heavy atom. The van der Waals surface area contributed by atoms with E-state index in [0.717, 1.165) is 11.1 Å². The summed E-state index contributed by atoms with van der Waals surface area (Å²) in [7, 11) is 0. The molecule has 21 heavy (non-hydrogen) atoms. The lowest BCUT2D eigenvalue weighted by atomic mass is 10.1. The number of rotatable bonds is 7. The van der Waals surface area contributed by atoms with Crippen molar-refractivity contribution in [2.45, 2.75) is 12.2 Å². The van der Waals surface area contributed by atoms with Gasteiger partial charge in [0.05, 0.1) is 6.42 Å². The number of aromatic nitrogens is 1. The van der Waals surface area contributed by atoms with Crippen LogP contribution in [0.4, 0.5) is 0 Å². The molecule has 0 saturated heterocycles. The first-order valence-electron chi connectivity index (χ1n) is 6.14. The summed E-state index contributed by atoms with van der Waals surface area (Å²) >= 11 is 2.83. The van der Waals surface area contributed by atoms with Crippen molar-refractivity contribution in [3.05, 3.63) is 40.9 Å². The maximum absolute atomic E-state index is 10.9. The normalized spacial score (nSPS) is 10.5. The van der Waals surface area contributed by atoms with Gasteiger partial charge in [0.15, 0.2) is 5.69 Å². The SMILES string of the molecule is O=C(O)CCSCc1ccccc1-c1nc(C(=O)O)cs1. The topological polar surface area (TPSA) is 87.5 Å². The number of aromatic carboxylic acids is 1. The maximum atomic E-state index is 10.9. The molecule has 0 bridgehead atoms. The van der Waals surface area contributed by atoms with Crippen LogP contribution in [0.5, 0.6) is 0 Å². The Hall–Kier alpha value is -1.86. The van der Waals surface area contributed by atoms with Gasteiger partial charge in [0.25, 0.3) is 0 Å². The molecule has 1 aromatic carbocycles. The highest BCUT2D eigenvalue weighted by atomic mass is 32.2. The first-order valence-corrected chi connectivity index (χ1v) is 8.18. The van der Waals surface area contributed by atoms with Gasteiger partial charge in [0.2, 0.25) is 0 Å². The van der Waals surface area contributed by atoms with Crippen LogP contribution in [0.1, 0.15) is 22.5 Å². The first kappa shape index (κ1) is 15.5.